The predicted molar refractivity (Wildman–Crippen MR) is 85.8 cm³/mol. The second kappa shape index (κ2) is 6.58. The molecule has 2 N–H and O–H groups in total. The summed E-state index contributed by atoms with van der Waals surface area (Å²) < 4.78 is 23.0. The molecule has 2 aliphatic rings. The van der Waals surface area contributed by atoms with E-state index in [2.05, 4.69) is 4.90 Å². The fourth-order valence-corrected chi connectivity index (χ4v) is 5.19. The molecule has 2 atom stereocenters. The zero-order valence-electron chi connectivity index (χ0n) is 12.3. The molecule has 2 heterocycles. The van der Waals surface area contributed by atoms with Crippen molar-refractivity contribution in [2.24, 2.45) is 11.7 Å². The Hall–Kier alpha value is -0.730. The summed E-state index contributed by atoms with van der Waals surface area (Å²) in [5.74, 6) is -0.211. The molecule has 2 aliphatic heterocycles. The number of carbonyl (C=O) groups excluding carboxylic acids is 1. The van der Waals surface area contributed by atoms with Crippen LogP contribution in [0.25, 0.3) is 0 Å². The predicted octanol–water partition coefficient (Wildman–Crippen LogP) is -0.370. The van der Waals surface area contributed by atoms with Gasteiger partial charge in [0.2, 0.25) is 5.91 Å². The van der Waals surface area contributed by atoms with Gasteiger partial charge in [-0.25, -0.2) is 8.42 Å². The van der Waals surface area contributed by atoms with E-state index in [1.165, 1.54) is 0 Å². The molecule has 8 heteroatoms. The van der Waals surface area contributed by atoms with Gasteiger partial charge in [-0.05, 0) is 12.8 Å². The van der Waals surface area contributed by atoms with Gasteiger partial charge >= 0.3 is 0 Å². The van der Waals surface area contributed by atoms with Crippen molar-refractivity contribution >= 4 is 33.0 Å². The van der Waals surface area contributed by atoms with E-state index in [0.717, 1.165) is 19.5 Å². The standard InChI is InChI=1S/C13H23N3O3S2/c1-2-11(12(14)20)15-4-6-16(7-5-15)13(17)10-3-8-21(18,19)9-10/h10-11H,2-9H2,1H3,(H2,14,20). The van der Waals surface area contributed by atoms with E-state index in [0.29, 0.717) is 24.5 Å². The highest BCUT2D eigenvalue weighted by atomic mass is 32.2. The number of carbonyl (C=O) groups is 1. The Bertz CT molecular complexity index is 513. The third-order valence-corrected chi connectivity index (χ3v) is 6.40. The first-order chi connectivity index (χ1) is 9.84. The Kier molecular flexibility index (Phi) is 5.21. The maximum absolute atomic E-state index is 12.4. The minimum Gasteiger partial charge on any atom is -0.392 e. The first-order valence-corrected chi connectivity index (χ1v) is 9.59. The van der Waals surface area contributed by atoms with Crippen LogP contribution >= 0.6 is 12.2 Å². The van der Waals surface area contributed by atoms with Gasteiger partial charge in [-0.2, -0.15) is 0 Å². The molecule has 2 unspecified atom stereocenters. The van der Waals surface area contributed by atoms with Crippen LogP contribution in [0.4, 0.5) is 0 Å². The number of rotatable bonds is 4. The Morgan fingerprint density at radius 1 is 1.33 bits per heavy atom. The monoisotopic (exact) mass is 333 g/mol. The van der Waals surface area contributed by atoms with E-state index in [1.807, 2.05) is 6.92 Å². The summed E-state index contributed by atoms with van der Waals surface area (Å²) in [5, 5.41) is 0. The van der Waals surface area contributed by atoms with Crippen molar-refractivity contribution in [1.29, 1.82) is 0 Å². The van der Waals surface area contributed by atoms with Crippen LogP contribution in [0.1, 0.15) is 19.8 Å². The van der Waals surface area contributed by atoms with Crippen LogP contribution in [0.15, 0.2) is 0 Å². The lowest BCUT2D eigenvalue weighted by atomic mass is 10.1. The van der Waals surface area contributed by atoms with Gasteiger partial charge in [-0.15, -0.1) is 0 Å². The molecule has 2 saturated heterocycles. The maximum Gasteiger partial charge on any atom is 0.226 e. The van der Waals surface area contributed by atoms with Crippen LogP contribution in [-0.2, 0) is 14.6 Å². The molecule has 0 radical (unpaired) electrons. The minimum atomic E-state index is -3.01. The lowest BCUT2D eigenvalue weighted by molar-refractivity contribution is -0.136. The normalized spacial score (nSPS) is 27.5. The second-order valence-electron chi connectivity index (χ2n) is 5.79. The summed E-state index contributed by atoms with van der Waals surface area (Å²) in [7, 11) is -3.01. The van der Waals surface area contributed by atoms with Crippen LogP contribution in [0.2, 0.25) is 0 Å². The van der Waals surface area contributed by atoms with E-state index < -0.39 is 9.84 Å². The molecule has 0 aromatic carbocycles. The third-order valence-electron chi connectivity index (χ3n) is 4.36. The van der Waals surface area contributed by atoms with Crippen LogP contribution in [0, 0.1) is 5.92 Å². The van der Waals surface area contributed by atoms with Crippen LogP contribution < -0.4 is 5.73 Å². The Labute approximate surface area is 131 Å². The van der Waals surface area contributed by atoms with Crippen molar-refractivity contribution in [1.82, 2.24) is 9.80 Å². The van der Waals surface area contributed by atoms with Crippen molar-refractivity contribution < 1.29 is 13.2 Å². The van der Waals surface area contributed by atoms with E-state index >= 15 is 0 Å². The molecule has 6 nitrogen and oxygen atoms in total. The summed E-state index contributed by atoms with van der Waals surface area (Å²) in [5.41, 5.74) is 5.74. The van der Waals surface area contributed by atoms with Crippen molar-refractivity contribution in [3.8, 4) is 0 Å². The van der Waals surface area contributed by atoms with Crippen LogP contribution in [-0.4, -0.2) is 72.8 Å². The van der Waals surface area contributed by atoms with Crippen molar-refractivity contribution in [3.63, 3.8) is 0 Å². The molecule has 0 aromatic rings. The van der Waals surface area contributed by atoms with Gasteiger partial charge in [0.05, 0.1) is 28.5 Å². The van der Waals surface area contributed by atoms with Gasteiger partial charge in [0.1, 0.15) is 0 Å². The fourth-order valence-electron chi connectivity index (χ4n) is 3.14. The third kappa shape index (κ3) is 3.92. The number of hydrogen-bond acceptors (Lipinski definition) is 5. The number of sulfone groups is 1. The highest BCUT2D eigenvalue weighted by Gasteiger charge is 2.36. The number of amides is 1. The van der Waals surface area contributed by atoms with Gasteiger partial charge in [0.25, 0.3) is 0 Å². The van der Waals surface area contributed by atoms with Gasteiger partial charge in [-0.1, -0.05) is 19.1 Å². The maximum atomic E-state index is 12.4. The van der Waals surface area contributed by atoms with Gasteiger partial charge in [-0.3, -0.25) is 9.69 Å². The Morgan fingerprint density at radius 3 is 2.38 bits per heavy atom. The van der Waals surface area contributed by atoms with Crippen LogP contribution in [0.3, 0.4) is 0 Å². The molecule has 0 bridgehead atoms. The number of nitrogens with two attached hydrogens (primary N) is 1. The first-order valence-electron chi connectivity index (χ1n) is 7.36. The van der Waals surface area contributed by atoms with Crippen molar-refractivity contribution in [2.45, 2.75) is 25.8 Å². The van der Waals surface area contributed by atoms with Crippen molar-refractivity contribution in [3.05, 3.63) is 0 Å². The van der Waals surface area contributed by atoms with E-state index in [-0.39, 0.29) is 29.4 Å². The first kappa shape index (κ1) is 16.6. The molecule has 21 heavy (non-hydrogen) atoms. The lowest BCUT2D eigenvalue weighted by Gasteiger charge is -2.39. The smallest absolute Gasteiger partial charge is 0.226 e. The number of nitrogens with zero attached hydrogens (tertiary/aromatic N) is 2. The lowest BCUT2D eigenvalue weighted by Crippen LogP contribution is -2.55. The zero-order chi connectivity index (χ0) is 15.6. The van der Waals surface area contributed by atoms with Crippen molar-refractivity contribution in [2.75, 3.05) is 37.7 Å². The number of thiocarbonyl (C=S) groups is 1. The Morgan fingerprint density at radius 2 is 1.95 bits per heavy atom. The molecule has 0 aliphatic carbocycles. The molecular formula is C13H23N3O3S2. The largest absolute Gasteiger partial charge is 0.392 e. The van der Waals surface area contributed by atoms with Crippen LogP contribution in [0.5, 0.6) is 0 Å². The average molecular weight is 333 g/mol. The van der Waals surface area contributed by atoms with Gasteiger partial charge in [0, 0.05) is 26.2 Å². The molecule has 0 spiro atoms. The second-order valence-corrected chi connectivity index (χ2v) is 8.49. The molecule has 1 amide bonds. The molecule has 0 saturated carbocycles. The minimum absolute atomic E-state index is 0.0104. The summed E-state index contributed by atoms with van der Waals surface area (Å²) in [6.07, 6.45) is 1.33. The quantitative estimate of drug-likeness (QED) is 0.707. The summed E-state index contributed by atoms with van der Waals surface area (Å²) in [4.78, 5) is 16.9. The summed E-state index contributed by atoms with van der Waals surface area (Å²) >= 11 is 5.08. The number of piperazine rings is 1. The van der Waals surface area contributed by atoms with E-state index in [9.17, 15) is 13.2 Å². The van der Waals surface area contributed by atoms with E-state index in [4.69, 9.17) is 18.0 Å². The fraction of sp³-hybridized carbons (Fsp3) is 0.846. The zero-order valence-corrected chi connectivity index (χ0v) is 14.0. The topological polar surface area (TPSA) is 83.7 Å². The average Bonchev–Trinajstić information content (AvgIpc) is 2.79. The summed E-state index contributed by atoms with van der Waals surface area (Å²) in [6, 6.07) is 0.0871. The molecule has 2 rings (SSSR count). The molecular weight excluding hydrogens is 310 g/mol. The highest BCUT2D eigenvalue weighted by molar-refractivity contribution is 7.91. The SMILES string of the molecule is CCC(C(N)=S)N1CCN(C(=O)C2CCS(=O)(=O)C2)CC1. The Balaban J connectivity index is 1.89. The molecule has 2 fully saturated rings. The molecule has 0 aromatic heterocycles. The van der Waals surface area contributed by atoms with Gasteiger partial charge in [0.15, 0.2) is 9.84 Å². The van der Waals surface area contributed by atoms with E-state index in [1.54, 1.807) is 4.90 Å². The number of hydrogen-bond donors (Lipinski definition) is 1. The van der Waals surface area contributed by atoms with Gasteiger partial charge < -0.3 is 10.6 Å². The summed E-state index contributed by atoms with van der Waals surface area (Å²) in [6.45, 7) is 4.76. The highest BCUT2D eigenvalue weighted by Crippen LogP contribution is 2.22. The molecule has 120 valence electrons.